The van der Waals surface area contributed by atoms with Gasteiger partial charge in [-0.15, -0.1) is 0 Å². The third-order valence-corrected chi connectivity index (χ3v) is 3.34. The van der Waals surface area contributed by atoms with Crippen LogP contribution in [0.5, 0.6) is 11.5 Å². The van der Waals surface area contributed by atoms with Gasteiger partial charge in [-0.1, -0.05) is 0 Å². The molecule has 0 amide bonds. The second kappa shape index (κ2) is 3.94. The average molecular weight is 246 g/mol. The van der Waals surface area contributed by atoms with E-state index in [9.17, 15) is 4.79 Å². The van der Waals surface area contributed by atoms with Crippen LogP contribution in [-0.4, -0.2) is 23.8 Å². The fourth-order valence-electron chi connectivity index (χ4n) is 2.47. The topological polar surface area (TPSA) is 56.2 Å². The van der Waals surface area contributed by atoms with E-state index in [4.69, 9.17) is 9.47 Å². The van der Waals surface area contributed by atoms with Crippen LogP contribution in [0.25, 0.3) is 11.3 Å². The first-order valence-electron chi connectivity index (χ1n) is 5.78. The zero-order valence-corrected chi connectivity index (χ0v) is 10.3. The highest BCUT2D eigenvalue weighted by atomic mass is 16.5. The van der Waals surface area contributed by atoms with E-state index in [1.807, 2.05) is 12.1 Å². The third kappa shape index (κ3) is 1.44. The summed E-state index contributed by atoms with van der Waals surface area (Å²) in [6.07, 6.45) is 2.53. The standard InChI is InChI=1S/C13H14N2O3/c1-17-9-5-8-3-4-15-10(7-14-13(15)16)12(8)11(6-9)18-2/h5-7H,3-4H2,1-2H3,(H,14,16). The molecule has 0 saturated carbocycles. The number of benzene rings is 1. The fourth-order valence-corrected chi connectivity index (χ4v) is 2.47. The molecule has 1 aromatic carbocycles. The summed E-state index contributed by atoms with van der Waals surface area (Å²) in [5.74, 6) is 1.51. The molecule has 0 fully saturated rings. The van der Waals surface area contributed by atoms with Gasteiger partial charge in [0, 0.05) is 24.4 Å². The molecular formula is C13H14N2O3. The molecule has 1 N–H and O–H groups in total. The number of hydrogen-bond donors (Lipinski definition) is 1. The molecule has 3 rings (SSSR count). The Labute approximate surface area is 104 Å². The molecule has 1 aliphatic heterocycles. The highest BCUT2D eigenvalue weighted by molar-refractivity contribution is 5.74. The molecule has 94 valence electrons. The summed E-state index contributed by atoms with van der Waals surface area (Å²) in [6, 6.07) is 3.84. The van der Waals surface area contributed by atoms with Crippen molar-refractivity contribution in [3.05, 3.63) is 34.4 Å². The van der Waals surface area contributed by atoms with Crippen molar-refractivity contribution in [2.45, 2.75) is 13.0 Å². The first kappa shape index (κ1) is 11.0. The third-order valence-electron chi connectivity index (χ3n) is 3.34. The van der Waals surface area contributed by atoms with Gasteiger partial charge < -0.3 is 14.5 Å². The SMILES string of the molecule is COc1cc2c(c(OC)c1)-c1c[nH]c(=O)n1CC2. The lowest BCUT2D eigenvalue weighted by molar-refractivity contribution is 0.393. The molecule has 0 bridgehead atoms. The summed E-state index contributed by atoms with van der Waals surface area (Å²) in [6.45, 7) is 0.682. The molecule has 2 aromatic rings. The lowest BCUT2D eigenvalue weighted by Crippen LogP contribution is -2.22. The molecule has 5 heteroatoms. The number of ether oxygens (including phenoxy) is 2. The largest absolute Gasteiger partial charge is 0.497 e. The number of hydrogen-bond acceptors (Lipinski definition) is 3. The van der Waals surface area contributed by atoms with E-state index in [0.29, 0.717) is 6.54 Å². The monoisotopic (exact) mass is 246 g/mol. The Kier molecular flexibility index (Phi) is 2.40. The van der Waals surface area contributed by atoms with Gasteiger partial charge >= 0.3 is 5.69 Å². The van der Waals surface area contributed by atoms with E-state index in [0.717, 1.165) is 34.7 Å². The van der Waals surface area contributed by atoms with Crippen LogP contribution in [0, 0.1) is 0 Å². The Bertz CT molecular complexity index is 637. The van der Waals surface area contributed by atoms with Crippen molar-refractivity contribution in [3.8, 4) is 22.8 Å². The number of fused-ring (bicyclic) bond motifs is 3. The van der Waals surface area contributed by atoms with Crippen molar-refractivity contribution in [2.75, 3.05) is 14.2 Å². The van der Waals surface area contributed by atoms with E-state index in [1.165, 1.54) is 0 Å². The van der Waals surface area contributed by atoms with Crippen LogP contribution in [0.2, 0.25) is 0 Å². The van der Waals surface area contributed by atoms with Crippen molar-refractivity contribution in [1.82, 2.24) is 9.55 Å². The van der Waals surface area contributed by atoms with Crippen LogP contribution in [0.1, 0.15) is 5.56 Å². The molecule has 0 radical (unpaired) electrons. The Balaban J connectivity index is 2.29. The van der Waals surface area contributed by atoms with Crippen molar-refractivity contribution < 1.29 is 9.47 Å². The molecule has 0 spiro atoms. The molecule has 0 atom stereocenters. The predicted molar refractivity (Wildman–Crippen MR) is 67.3 cm³/mol. The Morgan fingerprint density at radius 1 is 1.28 bits per heavy atom. The van der Waals surface area contributed by atoms with Gasteiger partial charge in [-0.25, -0.2) is 4.79 Å². The van der Waals surface area contributed by atoms with E-state index < -0.39 is 0 Å². The number of imidazole rings is 1. The summed E-state index contributed by atoms with van der Waals surface area (Å²) in [7, 11) is 3.26. The van der Waals surface area contributed by atoms with Crippen molar-refractivity contribution >= 4 is 0 Å². The molecule has 0 saturated heterocycles. The maximum atomic E-state index is 11.6. The number of aryl methyl sites for hydroxylation is 1. The quantitative estimate of drug-likeness (QED) is 0.871. The molecule has 1 aliphatic rings. The number of aromatic nitrogens is 2. The zero-order chi connectivity index (χ0) is 12.7. The lowest BCUT2D eigenvalue weighted by Gasteiger charge is -2.21. The molecule has 0 aliphatic carbocycles. The second-order valence-corrected chi connectivity index (χ2v) is 4.24. The summed E-state index contributed by atoms with van der Waals surface area (Å²) < 4.78 is 12.4. The number of methoxy groups -OCH3 is 2. The minimum atomic E-state index is -0.0754. The molecule has 1 aromatic heterocycles. The maximum absolute atomic E-state index is 11.6. The minimum absolute atomic E-state index is 0.0754. The molecule has 18 heavy (non-hydrogen) atoms. The Hall–Kier alpha value is -2.17. The van der Waals surface area contributed by atoms with Gasteiger partial charge in [0.25, 0.3) is 0 Å². The van der Waals surface area contributed by atoms with Crippen LogP contribution >= 0.6 is 0 Å². The van der Waals surface area contributed by atoms with Crippen LogP contribution < -0.4 is 15.2 Å². The van der Waals surface area contributed by atoms with Crippen LogP contribution in [-0.2, 0) is 13.0 Å². The minimum Gasteiger partial charge on any atom is -0.497 e. The summed E-state index contributed by atoms with van der Waals surface area (Å²) in [5.41, 5.74) is 2.92. The Morgan fingerprint density at radius 3 is 2.83 bits per heavy atom. The van der Waals surface area contributed by atoms with Crippen LogP contribution in [0.15, 0.2) is 23.1 Å². The summed E-state index contributed by atoms with van der Waals surface area (Å²) in [4.78, 5) is 14.4. The Morgan fingerprint density at radius 2 is 2.11 bits per heavy atom. The number of nitrogens with zero attached hydrogens (tertiary/aromatic N) is 1. The summed E-state index contributed by atoms with van der Waals surface area (Å²) in [5, 5.41) is 0. The van der Waals surface area contributed by atoms with Gasteiger partial charge in [0.1, 0.15) is 11.5 Å². The van der Waals surface area contributed by atoms with Crippen molar-refractivity contribution in [2.24, 2.45) is 0 Å². The number of rotatable bonds is 2. The summed E-state index contributed by atoms with van der Waals surface area (Å²) >= 11 is 0. The smallest absolute Gasteiger partial charge is 0.325 e. The normalized spacial score (nSPS) is 12.8. The molecule has 2 heterocycles. The average Bonchev–Trinajstić information content (AvgIpc) is 2.79. The second-order valence-electron chi connectivity index (χ2n) is 4.24. The van der Waals surface area contributed by atoms with Gasteiger partial charge in [-0.3, -0.25) is 4.57 Å². The van der Waals surface area contributed by atoms with E-state index in [2.05, 4.69) is 4.98 Å². The number of aromatic amines is 1. The maximum Gasteiger partial charge on any atom is 0.325 e. The predicted octanol–water partition coefficient (Wildman–Crippen LogP) is 1.42. The first-order chi connectivity index (χ1) is 8.74. The highest BCUT2D eigenvalue weighted by Gasteiger charge is 2.22. The van der Waals surface area contributed by atoms with Crippen molar-refractivity contribution in [1.29, 1.82) is 0 Å². The van der Waals surface area contributed by atoms with Gasteiger partial charge in [0.15, 0.2) is 0 Å². The lowest BCUT2D eigenvalue weighted by atomic mass is 9.97. The number of nitrogens with one attached hydrogen (secondary N) is 1. The zero-order valence-electron chi connectivity index (χ0n) is 10.3. The van der Waals surface area contributed by atoms with Gasteiger partial charge in [0.2, 0.25) is 0 Å². The molecular weight excluding hydrogens is 232 g/mol. The van der Waals surface area contributed by atoms with Gasteiger partial charge in [-0.05, 0) is 18.1 Å². The van der Waals surface area contributed by atoms with Gasteiger partial charge in [-0.2, -0.15) is 0 Å². The molecule has 5 nitrogen and oxygen atoms in total. The van der Waals surface area contributed by atoms with Gasteiger partial charge in [0.05, 0.1) is 19.9 Å². The highest BCUT2D eigenvalue weighted by Crippen LogP contribution is 2.39. The fraction of sp³-hybridized carbons (Fsp3) is 0.308. The van der Waals surface area contributed by atoms with E-state index >= 15 is 0 Å². The molecule has 0 unspecified atom stereocenters. The van der Waals surface area contributed by atoms with Crippen LogP contribution in [0.3, 0.4) is 0 Å². The number of H-pyrrole nitrogens is 1. The van der Waals surface area contributed by atoms with Crippen LogP contribution in [0.4, 0.5) is 0 Å². The first-order valence-corrected chi connectivity index (χ1v) is 5.78. The van der Waals surface area contributed by atoms with E-state index in [-0.39, 0.29) is 5.69 Å². The van der Waals surface area contributed by atoms with E-state index in [1.54, 1.807) is 25.0 Å². The van der Waals surface area contributed by atoms with Crippen molar-refractivity contribution in [3.63, 3.8) is 0 Å².